The van der Waals surface area contributed by atoms with E-state index < -0.39 is 5.82 Å². The number of carbonyl (C=O) groups is 1. The number of nitrogens with zero attached hydrogens (tertiary/aromatic N) is 5. The first kappa shape index (κ1) is 20.3. The Kier molecular flexibility index (Phi) is 4.56. The summed E-state index contributed by atoms with van der Waals surface area (Å²) in [5, 5.41) is 2.26. The predicted molar refractivity (Wildman–Crippen MR) is 130 cm³/mol. The number of halogens is 1. The van der Waals surface area contributed by atoms with E-state index >= 15 is 4.39 Å². The number of hydrogen-bond donors (Lipinski definition) is 0. The molecule has 0 aliphatic carbocycles. The van der Waals surface area contributed by atoms with Gasteiger partial charge in [-0.3, -0.25) is 9.78 Å². The molecule has 2 unspecified atom stereocenters. The summed E-state index contributed by atoms with van der Waals surface area (Å²) in [6.07, 6.45) is 10.9. The highest BCUT2D eigenvalue weighted by Gasteiger charge is 2.49. The Labute approximate surface area is 195 Å². The minimum absolute atomic E-state index is 0.0570. The van der Waals surface area contributed by atoms with Gasteiger partial charge in [-0.15, -0.1) is 6.42 Å². The first-order chi connectivity index (χ1) is 16.6. The lowest BCUT2D eigenvalue weighted by Crippen LogP contribution is -2.63. The van der Waals surface area contributed by atoms with Crippen LogP contribution in [0, 0.1) is 18.2 Å². The van der Waals surface area contributed by atoms with E-state index in [9.17, 15) is 4.79 Å². The minimum Gasteiger partial charge on any atom is -0.349 e. The van der Waals surface area contributed by atoms with E-state index in [1.165, 1.54) is 12.4 Å². The van der Waals surface area contributed by atoms with Crippen LogP contribution < -0.4 is 4.90 Å². The van der Waals surface area contributed by atoms with Gasteiger partial charge in [-0.2, -0.15) is 0 Å². The van der Waals surface area contributed by atoms with Gasteiger partial charge >= 0.3 is 0 Å². The average molecular weight is 449 g/mol. The molecule has 0 radical (unpaired) electrons. The number of anilines is 1. The van der Waals surface area contributed by atoms with Gasteiger partial charge in [0, 0.05) is 35.8 Å². The molecule has 2 aromatic heterocycles. The van der Waals surface area contributed by atoms with Gasteiger partial charge in [0.15, 0.2) is 5.82 Å². The van der Waals surface area contributed by atoms with Crippen LogP contribution in [-0.4, -0.2) is 50.9 Å². The molecule has 2 saturated heterocycles. The molecule has 166 valence electrons. The lowest BCUT2D eigenvalue weighted by molar-refractivity contribution is -0.127. The molecule has 6 nitrogen and oxygen atoms in total. The lowest BCUT2D eigenvalue weighted by Gasteiger charge is -2.47. The smallest absolute Gasteiger partial charge is 0.246 e. The Balaban J connectivity index is 1.44. The molecule has 6 rings (SSSR count). The summed E-state index contributed by atoms with van der Waals surface area (Å²) >= 11 is 0. The van der Waals surface area contributed by atoms with Crippen LogP contribution in [0.15, 0.2) is 61.6 Å². The molecular weight excluding hydrogens is 429 g/mol. The number of amides is 1. The lowest BCUT2D eigenvalue weighted by atomic mass is 9.95. The molecule has 0 bridgehead atoms. The third kappa shape index (κ3) is 2.82. The summed E-state index contributed by atoms with van der Waals surface area (Å²) in [5.74, 6) is 2.77. The average Bonchev–Trinajstić information content (AvgIpc) is 3.19. The first-order valence-electron chi connectivity index (χ1n) is 11.1. The van der Waals surface area contributed by atoms with Gasteiger partial charge in [0.05, 0.1) is 17.5 Å². The number of rotatable bonds is 3. The molecule has 0 saturated carbocycles. The van der Waals surface area contributed by atoms with Crippen molar-refractivity contribution in [3.05, 3.63) is 73.0 Å². The van der Waals surface area contributed by atoms with Gasteiger partial charge in [-0.05, 0) is 23.9 Å². The zero-order chi connectivity index (χ0) is 23.4. The van der Waals surface area contributed by atoms with Gasteiger partial charge in [0.2, 0.25) is 5.91 Å². The Morgan fingerprint density at radius 3 is 2.79 bits per heavy atom. The van der Waals surface area contributed by atoms with Crippen molar-refractivity contribution < 1.29 is 9.18 Å². The summed E-state index contributed by atoms with van der Waals surface area (Å²) < 4.78 is 15.9. The fourth-order valence-electron chi connectivity index (χ4n) is 5.31. The highest BCUT2D eigenvalue weighted by atomic mass is 19.1. The highest BCUT2D eigenvalue weighted by Crippen LogP contribution is 2.40. The molecule has 0 N–H and O–H groups in total. The number of hydrogen-bond acceptors (Lipinski definition) is 5. The van der Waals surface area contributed by atoms with Crippen molar-refractivity contribution in [3.63, 3.8) is 0 Å². The molecule has 4 aromatic rings. The molecule has 0 spiro atoms. The first-order valence-corrected chi connectivity index (χ1v) is 11.1. The number of likely N-dealkylation sites (tertiary alicyclic amines) is 1. The number of terminal acetylenes is 1. The molecular formula is C27H20FN5O. The minimum atomic E-state index is -0.507. The van der Waals surface area contributed by atoms with Crippen molar-refractivity contribution in [3.8, 4) is 23.6 Å². The van der Waals surface area contributed by atoms with Crippen LogP contribution in [0.1, 0.15) is 12.0 Å². The van der Waals surface area contributed by atoms with Crippen LogP contribution in [0.4, 0.5) is 10.2 Å². The third-order valence-corrected chi connectivity index (χ3v) is 6.94. The second-order valence-corrected chi connectivity index (χ2v) is 8.55. The number of pyridine rings is 1. The Morgan fingerprint density at radius 2 is 2.00 bits per heavy atom. The van der Waals surface area contributed by atoms with Crippen molar-refractivity contribution in [1.82, 2.24) is 19.9 Å². The van der Waals surface area contributed by atoms with Crippen LogP contribution in [0.25, 0.3) is 32.9 Å². The third-order valence-electron chi connectivity index (χ3n) is 6.94. The van der Waals surface area contributed by atoms with Crippen LogP contribution in [-0.2, 0) is 4.79 Å². The fraction of sp³-hybridized carbons (Fsp3) is 0.185. The maximum atomic E-state index is 15.9. The van der Waals surface area contributed by atoms with Gasteiger partial charge in [-0.1, -0.05) is 42.8 Å². The number of benzene rings is 2. The highest BCUT2D eigenvalue weighted by molar-refractivity contribution is 6.02. The standard InChI is InChI=1S/C27H20FN5O/c1-3-16-7-5-8-17-9-6-10-18(23(16)17)25-24(28)26-19(13-29-25)27(31-15-30-26)33-14-21-20(33)11-12-32(21)22(34)4-2/h1,4-10,13,15,20-21H,2,11-12,14H2. The van der Waals surface area contributed by atoms with Crippen LogP contribution in [0.3, 0.4) is 0 Å². The molecule has 7 heteroatoms. The number of carbonyl (C=O) groups excluding carboxylic acids is 1. The Morgan fingerprint density at radius 1 is 1.18 bits per heavy atom. The van der Waals surface area contributed by atoms with Gasteiger partial charge < -0.3 is 9.80 Å². The SMILES string of the molecule is C#Cc1cccc2cccc(-c3ncc4c(N5CC6C5CCN6C(=O)C=C)ncnc4c3F)c12. The summed E-state index contributed by atoms with van der Waals surface area (Å²) in [6.45, 7) is 4.90. The van der Waals surface area contributed by atoms with Crippen molar-refractivity contribution >= 4 is 33.4 Å². The number of aromatic nitrogens is 3. The monoisotopic (exact) mass is 449 g/mol. The van der Waals surface area contributed by atoms with E-state index in [1.54, 1.807) is 6.20 Å². The second-order valence-electron chi connectivity index (χ2n) is 8.55. The predicted octanol–water partition coefficient (Wildman–Crippen LogP) is 3.94. The molecule has 1 amide bonds. The van der Waals surface area contributed by atoms with Gasteiger partial charge in [0.1, 0.15) is 23.4 Å². The number of fused-ring (bicyclic) bond motifs is 3. The van der Waals surface area contributed by atoms with Crippen molar-refractivity contribution in [1.29, 1.82) is 0 Å². The van der Waals surface area contributed by atoms with E-state index in [0.29, 0.717) is 35.4 Å². The van der Waals surface area contributed by atoms with Crippen molar-refractivity contribution in [2.45, 2.75) is 18.5 Å². The topological polar surface area (TPSA) is 62.2 Å². The Hall–Kier alpha value is -4.31. The van der Waals surface area contributed by atoms with Crippen LogP contribution in [0.5, 0.6) is 0 Å². The fourth-order valence-corrected chi connectivity index (χ4v) is 5.31. The largest absolute Gasteiger partial charge is 0.349 e. The molecule has 4 heterocycles. The molecule has 2 atom stereocenters. The van der Waals surface area contributed by atoms with E-state index in [-0.39, 0.29) is 29.2 Å². The zero-order valence-electron chi connectivity index (χ0n) is 18.3. The quantitative estimate of drug-likeness (QED) is 0.350. The van der Waals surface area contributed by atoms with E-state index in [1.807, 2.05) is 41.3 Å². The maximum absolute atomic E-state index is 15.9. The molecule has 2 aliphatic heterocycles. The van der Waals surface area contributed by atoms with E-state index in [4.69, 9.17) is 6.42 Å². The van der Waals surface area contributed by atoms with Crippen molar-refractivity contribution in [2.75, 3.05) is 18.0 Å². The van der Waals surface area contributed by atoms with E-state index in [2.05, 4.69) is 32.4 Å². The van der Waals surface area contributed by atoms with Gasteiger partial charge in [0.25, 0.3) is 0 Å². The molecule has 2 aliphatic rings. The summed E-state index contributed by atoms with van der Waals surface area (Å²) in [7, 11) is 0. The summed E-state index contributed by atoms with van der Waals surface area (Å²) in [4.78, 5) is 29.3. The normalized spacial score (nSPS) is 19.1. The van der Waals surface area contributed by atoms with Crippen LogP contribution in [0.2, 0.25) is 0 Å². The second kappa shape index (κ2) is 7.63. The molecule has 2 aromatic carbocycles. The summed E-state index contributed by atoms with van der Waals surface area (Å²) in [6, 6.07) is 11.6. The Bertz CT molecular complexity index is 1540. The van der Waals surface area contributed by atoms with Gasteiger partial charge in [-0.25, -0.2) is 14.4 Å². The molecule has 2 fully saturated rings. The molecule has 34 heavy (non-hydrogen) atoms. The van der Waals surface area contributed by atoms with E-state index in [0.717, 1.165) is 17.2 Å². The maximum Gasteiger partial charge on any atom is 0.246 e. The van der Waals surface area contributed by atoms with Crippen LogP contribution >= 0.6 is 0 Å². The zero-order valence-corrected chi connectivity index (χ0v) is 18.3. The van der Waals surface area contributed by atoms with Crippen molar-refractivity contribution in [2.24, 2.45) is 0 Å². The summed E-state index contributed by atoms with van der Waals surface area (Å²) in [5.41, 5.74) is 1.73.